The Bertz CT molecular complexity index is 634. The van der Waals surface area contributed by atoms with Gasteiger partial charge in [0.15, 0.2) is 0 Å². The summed E-state index contributed by atoms with van der Waals surface area (Å²) in [6, 6.07) is 0. The molecular formula is C39H77N2+. The van der Waals surface area contributed by atoms with Crippen LogP contribution in [0.15, 0.2) is 12.4 Å². The smallest absolute Gasteiger partial charge is 0.234 e. The molecule has 242 valence electrons. The van der Waals surface area contributed by atoms with E-state index in [2.05, 4.69) is 42.3 Å². The predicted octanol–water partition coefficient (Wildman–Crippen LogP) is 13.1. The van der Waals surface area contributed by atoms with Gasteiger partial charge in [0.2, 0.25) is 0 Å². The lowest BCUT2D eigenvalue weighted by Gasteiger charge is -2.07. The van der Waals surface area contributed by atoms with Gasteiger partial charge in [0.1, 0.15) is 12.4 Å². The van der Waals surface area contributed by atoms with Crippen molar-refractivity contribution in [3.63, 3.8) is 0 Å². The Kier molecular flexibility index (Phi) is 28.6. The first kappa shape index (κ1) is 38.2. The van der Waals surface area contributed by atoms with Crippen molar-refractivity contribution in [2.75, 3.05) is 0 Å². The number of hydrogen-bond acceptors (Lipinski definition) is 0. The zero-order valence-corrected chi connectivity index (χ0v) is 28.9. The molecule has 0 aliphatic heterocycles. The normalized spacial score (nSPS) is 11.6. The molecule has 1 aromatic rings. The summed E-state index contributed by atoms with van der Waals surface area (Å²) < 4.78 is 5.23. The van der Waals surface area contributed by atoms with Crippen LogP contribution in [-0.2, 0) is 19.5 Å². The van der Waals surface area contributed by atoms with Crippen LogP contribution in [0.25, 0.3) is 0 Å². The average molecular weight is 574 g/mol. The molecular weight excluding hydrogens is 496 g/mol. The van der Waals surface area contributed by atoms with Gasteiger partial charge in [-0.05, 0) is 32.1 Å². The monoisotopic (exact) mass is 574 g/mol. The second-order valence-electron chi connectivity index (χ2n) is 13.4. The van der Waals surface area contributed by atoms with Crippen molar-refractivity contribution in [2.45, 2.75) is 233 Å². The first-order valence-electron chi connectivity index (χ1n) is 19.4. The maximum absolute atomic E-state index is 2.62. The summed E-state index contributed by atoms with van der Waals surface area (Å²) in [6.45, 7) is 9.39. The summed E-state index contributed by atoms with van der Waals surface area (Å²) >= 11 is 0. The molecule has 0 radical (unpaired) electrons. The van der Waals surface area contributed by atoms with Crippen molar-refractivity contribution in [1.82, 2.24) is 4.57 Å². The lowest BCUT2D eigenvalue weighted by molar-refractivity contribution is -0.704. The summed E-state index contributed by atoms with van der Waals surface area (Å²) in [7, 11) is 0. The van der Waals surface area contributed by atoms with Crippen LogP contribution in [0, 0.1) is 0 Å². The third kappa shape index (κ3) is 23.4. The third-order valence-corrected chi connectivity index (χ3v) is 9.35. The quantitative estimate of drug-likeness (QED) is 0.0584. The number of imidazole rings is 1. The predicted molar refractivity (Wildman–Crippen MR) is 184 cm³/mol. The molecule has 0 amide bonds. The highest BCUT2D eigenvalue weighted by atomic mass is 15.1. The Morgan fingerprint density at radius 2 is 0.756 bits per heavy atom. The summed E-state index contributed by atoms with van der Waals surface area (Å²) in [6.07, 6.45) is 48.9. The van der Waals surface area contributed by atoms with E-state index in [0.29, 0.717) is 0 Å². The highest BCUT2D eigenvalue weighted by molar-refractivity contribution is 4.84. The van der Waals surface area contributed by atoms with Gasteiger partial charge in [-0.15, -0.1) is 0 Å². The lowest BCUT2D eigenvalue weighted by atomic mass is 10.0. The van der Waals surface area contributed by atoms with Crippen molar-refractivity contribution in [3.05, 3.63) is 18.2 Å². The second kappa shape index (κ2) is 30.7. The van der Waals surface area contributed by atoms with Gasteiger partial charge in [0.05, 0.1) is 13.1 Å². The highest BCUT2D eigenvalue weighted by Crippen LogP contribution is 2.15. The number of hydrogen-bond donors (Lipinski definition) is 0. The minimum absolute atomic E-state index is 1.22. The van der Waals surface area contributed by atoms with E-state index in [1.807, 2.05) is 0 Å². The molecule has 0 fully saturated rings. The SMILES string of the molecule is CCCCCCCCCCCCCCCCCc1n(CCCCCCCCCCCCC)cc[n+]1CCCCCC. The largest absolute Gasteiger partial charge is 0.256 e. The van der Waals surface area contributed by atoms with Crippen LogP contribution in [-0.4, -0.2) is 4.57 Å². The summed E-state index contributed by atoms with van der Waals surface area (Å²) in [5.74, 6) is 1.61. The van der Waals surface area contributed by atoms with Gasteiger partial charge in [-0.2, -0.15) is 0 Å². The third-order valence-electron chi connectivity index (χ3n) is 9.35. The Labute approximate surface area is 259 Å². The number of aryl methyl sites for hydroxylation is 2. The van der Waals surface area contributed by atoms with E-state index in [-0.39, 0.29) is 0 Å². The molecule has 1 aromatic heterocycles. The fourth-order valence-electron chi connectivity index (χ4n) is 6.50. The fourth-order valence-corrected chi connectivity index (χ4v) is 6.50. The molecule has 0 atom stereocenters. The summed E-state index contributed by atoms with van der Waals surface area (Å²) in [5.41, 5.74) is 0. The van der Waals surface area contributed by atoms with Crippen molar-refractivity contribution in [3.8, 4) is 0 Å². The van der Waals surface area contributed by atoms with E-state index in [4.69, 9.17) is 0 Å². The number of unbranched alkanes of at least 4 members (excludes halogenated alkanes) is 27. The molecule has 0 aliphatic rings. The zero-order chi connectivity index (χ0) is 29.5. The van der Waals surface area contributed by atoms with Gasteiger partial charge in [0, 0.05) is 6.42 Å². The molecule has 0 unspecified atom stereocenters. The molecule has 2 heteroatoms. The topological polar surface area (TPSA) is 8.81 Å². The fraction of sp³-hybridized carbons (Fsp3) is 0.923. The zero-order valence-electron chi connectivity index (χ0n) is 28.9. The standard InChI is InChI=1S/C39H77N2/c1-4-7-10-13-15-17-19-20-21-22-23-25-27-29-31-34-39-40(35-32-12-9-6-3)37-38-41(39)36-33-30-28-26-24-18-16-14-11-8-5-2/h37-38H,4-36H2,1-3H3/q+1. The van der Waals surface area contributed by atoms with E-state index in [0.717, 1.165) is 0 Å². The van der Waals surface area contributed by atoms with Gasteiger partial charge in [-0.3, -0.25) is 0 Å². The molecule has 0 saturated heterocycles. The van der Waals surface area contributed by atoms with Crippen LogP contribution in [0.4, 0.5) is 0 Å². The van der Waals surface area contributed by atoms with E-state index in [9.17, 15) is 0 Å². The van der Waals surface area contributed by atoms with Gasteiger partial charge in [0.25, 0.3) is 5.82 Å². The van der Waals surface area contributed by atoms with Crippen LogP contribution >= 0.6 is 0 Å². The first-order valence-corrected chi connectivity index (χ1v) is 19.4. The van der Waals surface area contributed by atoms with Crippen molar-refractivity contribution in [1.29, 1.82) is 0 Å². The van der Waals surface area contributed by atoms with Gasteiger partial charge >= 0.3 is 0 Å². The molecule has 0 aliphatic carbocycles. The van der Waals surface area contributed by atoms with Crippen molar-refractivity contribution >= 4 is 0 Å². The van der Waals surface area contributed by atoms with Gasteiger partial charge in [-0.25, -0.2) is 9.13 Å². The van der Waals surface area contributed by atoms with Crippen LogP contribution < -0.4 is 4.57 Å². The molecule has 2 nitrogen and oxygen atoms in total. The number of rotatable bonds is 33. The Morgan fingerprint density at radius 1 is 0.415 bits per heavy atom. The molecule has 0 aromatic carbocycles. The van der Waals surface area contributed by atoms with Gasteiger partial charge in [-0.1, -0.05) is 181 Å². The van der Waals surface area contributed by atoms with Crippen LogP contribution in [0.2, 0.25) is 0 Å². The Balaban J connectivity index is 2.18. The van der Waals surface area contributed by atoms with Crippen LogP contribution in [0.3, 0.4) is 0 Å². The average Bonchev–Trinajstić information content (AvgIpc) is 3.37. The molecule has 0 spiro atoms. The van der Waals surface area contributed by atoms with E-state index in [1.165, 1.54) is 212 Å². The van der Waals surface area contributed by atoms with Gasteiger partial charge < -0.3 is 0 Å². The van der Waals surface area contributed by atoms with E-state index in [1.54, 1.807) is 5.82 Å². The van der Waals surface area contributed by atoms with Crippen molar-refractivity contribution in [2.24, 2.45) is 0 Å². The van der Waals surface area contributed by atoms with E-state index < -0.39 is 0 Å². The highest BCUT2D eigenvalue weighted by Gasteiger charge is 2.16. The molecule has 0 N–H and O–H groups in total. The summed E-state index contributed by atoms with van der Waals surface area (Å²) in [4.78, 5) is 0. The maximum atomic E-state index is 2.62. The van der Waals surface area contributed by atoms with Crippen molar-refractivity contribution < 1.29 is 4.57 Å². The first-order chi connectivity index (χ1) is 20.3. The Morgan fingerprint density at radius 3 is 1.17 bits per heavy atom. The Hall–Kier alpha value is -0.790. The van der Waals surface area contributed by atoms with E-state index >= 15 is 0 Å². The minimum atomic E-state index is 1.22. The van der Waals surface area contributed by atoms with Crippen LogP contribution in [0.5, 0.6) is 0 Å². The molecule has 1 rings (SSSR count). The molecule has 41 heavy (non-hydrogen) atoms. The summed E-state index contributed by atoms with van der Waals surface area (Å²) in [5, 5.41) is 0. The second-order valence-corrected chi connectivity index (χ2v) is 13.4. The lowest BCUT2D eigenvalue weighted by Crippen LogP contribution is -2.37. The molecule has 1 heterocycles. The molecule has 0 bridgehead atoms. The number of aromatic nitrogens is 2. The molecule has 0 saturated carbocycles. The number of nitrogens with zero attached hydrogens (tertiary/aromatic N) is 2. The maximum Gasteiger partial charge on any atom is 0.256 e. The minimum Gasteiger partial charge on any atom is -0.234 e. The van der Waals surface area contributed by atoms with Crippen LogP contribution in [0.1, 0.15) is 219 Å².